The molecule has 3 nitrogen and oxygen atoms in total. The minimum Gasteiger partial charge on any atom is -0.495 e. The van der Waals surface area contributed by atoms with Crippen molar-refractivity contribution < 1.29 is 14.3 Å². The zero-order valence-corrected chi connectivity index (χ0v) is 7.79. The first kappa shape index (κ1) is 9.84. The lowest BCUT2D eigenvalue weighted by atomic mass is 10.2. The largest absolute Gasteiger partial charge is 0.495 e. The fourth-order valence-corrected chi connectivity index (χ4v) is 0.999. The van der Waals surface area contributed by atoms with Gasteiger partial charge in [0.1, 0.15) is 12.7 Å². The van der Waals surface area contributed by atoms with Gasteiger partial charge in [0.05, 0.1) is 6.26 Å². The fourth-order valence-electron chi connectivity index (χ4n) is 0.999. The molecule has 0 spiro atoms. The summed E-state index contributed by atoms with van der Waals surface area (Å²) in [5, 5.41) is 0. The summed E-state index contributed by atoms with van der Waals surface area (Å²) in [7, 11) is 0. The lowest BCUT2D eigenvalue weighted by Crippen LogP contribution is -2.22. The van der Waals surface area contributed by atoms with E-state index in [1.54, 1.807) is 13.2 Å². The molecule has 1 aliphatic heterocycles. The van der Waals surface area contributed by atoms with E-state index in [1.807, 2.05) is 6.08 Å². The first-order chi connectivity index (χ1) is 6.20. The molecule has 0 aromatic heterocycles. The van der Waals surface area contributed by atoms with E-state index >= 15 is 0 Å². The Labute approximate surface area is 78.0 Å². The molecule has 13 heavy (non-hydrogen) atoms. The number of ether oxygens (including phenoxy) is 2. The van der Waals surface area contributed by atoms with E-state index in [4.69, 9.17) is 9.47 Å². The van der Waals surface area contributed by atoms with Crippen LogP contribution in [0.2, 0.25) is 0 Å². The van der Waals surface area contributed by atoms with Crippen LogP contribution in [0.5, 0.6) is 0 Å². The number of carbonyl (C=O) groups excluding carboxylic acids is 1. The standard InChI is InChI=1S/C10H14O3/c1-8(2)10(11)13-7-9-5-3-4-6-12-9/h4,6,9H,1,3,5,7H2,2H3. The average molecular weight is 182 g/mol. The maximum absolute atomic E-state index is 11.0. The SMILES string of the molecule is C=C(C)C(=O)OCC1CCC=CO1. The van der Waals surface area contributed by atoms with Crippen LogP contribution < -0.4 is 0 Å². The van der Waals surface area contributed by atoms with Crippen LogP contribution in [0.15, 0.2) is 24.5 Å². The van der Waals surface area contributed by atoms with E-state index in [9.17, 15) is 4.79 Å². The number of rotatable bonds is 3. The summed E-state index contributed by atoms with van der Waals surface area (Å²) in [5.41, 5.74) is 0.423. The smallest absolute Gasteiger partial charge is 0.333 e. The number of hydrogen-bond acceptors (Lipinski definition) is 3. The summed E-state index contributed by atoms with van der Waals surface area (Å²) < 4.78 is 10.2. The quantitative estimate of drug-likeness (QED) is 0.493. The van der Waals surface area contributed by atoms with Gasteiger partial charge >= 0.3 is 5.97 Å². The van der Waals surface area contributed by atoms with Gasteiger partial charge < -0.3 is 9.47 Å². The molecule has 0 saturated heterocycles. The summed E-state index contributed by atoms with van der Waals surface area (Å²) in [6.07, 6.45) is 5.50. The molecule has 72 valence electrons. The molecule has 1 atom stereocenters. The van der Waals surface area contributed by atoms with Crippen LogP contribution in [0, 0.1) is 0 Å². The molecular weight excluding hydrogens is 168 g/mol. The van der Waals surface area contributed by atoms with Gasteiger partial charge in [0.2, 0.25) is 0 Å². The molecule has 0 amide bonds. The molecule has 0 N–H and O–H groups in total. The molecular formula is C10H14O3. The third kappa shape index (κ3) is 3.32. The van der Waals surface area contributed by atoms with E-state index in [0.29, 0.717) is 12.2 Å². The number of allylic oxidation sites excluding steroid dienone is 1. The van der Waals surface area contributed by atoms with Crippen molar-refractivity contribution in [3.63, 3.8) is 0 Å². The molecule has 1 unspecified atom stereocenters. The molecule has 0 fully saturated rings. The minimum absolute atomic E-state index is 0.00769. The first-order valence-electron chi connectivity index (χ1n) is 4.33. The van der Waals surface area contributed by atoms with Gasteiger partial charge in [0.15, 0.2) is 0 Å². The van der Waals surface area contributed by atoms with Gasteiger partial charge in [-0.25, -0.2) is 4.79 Å². The highest BCUT2D eigenvalue weighted by molar-refractivity contribution is 5.86. The Balaban J connectivity index is 2.22. The third-order valence-corrected chi connectivity index (χ3v) is 1.77. The van der Waals surface area contributed by atoms with Crippen molar-refractivity contribution in [1.82, 2.24) is 0 Å². The molecule has 0 bridgehead atoms. The summed E-state index contributed by atoms with van der Waals surface area (Å²) in [6, 6.07) is 0. The van der Waals surface area contributed by atoms with Gasteiger partial charge in [-0.15, -0.1) is 0 Å². The Hall–Kier alpha value is -1.25. The molecule has 0 radical (unpaired) electrons. The topological polar surface area (TPSA) is 35.5 Å². The highest BCUT2D eigenvalue weighted by atomic mass is 16.6. The van der Waals surface area contributed by atoms with Crippen molar-refractivity contribution in [2.24, 2.45) is 0 Å². The van der Waals surface area contributed by atoms with Gasteiger partial charge in [-0.2, -0.15) is 0 Å². The summed E-state index contributed by atoms with van der Waals surface area (Å²) >= 11 is 0. The van der Waals surface area contributed by atoms with Crippen LogP contribution in [0.3, 0.4) is 0 Å². The predicted molar refractivity (Wildman–Crippen MR) is 49.0 cm³/mol. The molecule has 0 saturated carbocycles. The Kier molecular flexibility index (Phi) is 3.55. The maximum Gasteiger partial charge on any atom is 0.333 e. The highest BCUT2D eigenvalue weighted by Gasteiger charge is 2.13. The number of carbonyl (C=O) groups is 1. The van der Waals surface area contributed by atoms with Crippen LogP contribution in [0.25, 0.3) is 0 Å². The molecule has 1 aliphatic rings. The second-order valence-electron chi connectivity index (χ2n) is 3.09. The van der Waals surface area contributed by atoms with Gasteiger partial charge in [-0.05, 0) is 25.8 Å². The second kappa shape index (κ2) is 4.70. The Morgan fingerprint density at radius 3 is 3.08 bits per heavy atom. The molecule has 1 rings (SSSR count). The Morgan fingerprint density at radius 2 is 2.54 bits per heavy atom. The van der Waals surface area contributed by atoms with Crippen LogP contribution in [-0.2, 0) is 14.3 Å². The normalized spacial score (nSPS) is 20.5. The van der Waals surface area contributed by atoms with E-state index in [1.165, 1.54) is 0 Å². The van der Waals surface area contributed by atoms with Crippen LogP contribution in [-0.4, -0.2) is 18.7 Å². The number of hydrogen-bond donors (Lipinski definition) is 0. The van der Waals surface area contributed by atoms with Crippen molar-refractivity contribution in [3.8, 4) is 0 Å². The zero-order valence-electron chi connectivity index (χ0n) is 7.79. The fraction of sp³-hybridized carbons (Fsp3) is 0.500. The highest BCUT2D eigenvalue weighted by Crippen LogP contribution is 2.10. The van der Waals surface area contributed by atoms with Crippen LogP contribution in [0.1, 0.15) is 19.8 Å². The van der Waals surface area contributed by atoms with E-state index < -0.39 is 0 Å². The summed E-state index contributed by atoms with van der Waals surface area (Å²) in [4.78, 5) is 11.0. The van der Waals surface area contributed by atoms with E-state index in [2.05, 4.69) is 6.58 Å². The molecule has 0 aliphatic carbocycles. The van der Waals surface area contributed by atoms with Gasteiger partial charge in [0, 0.05) is 5.57 Å². The minimum atomic E-state index is -0.349. The van der Waals surface area contributed by atoms with Gasteiger partial charge in [-0.1, -0.05) is 6.58 Å². The van der Waals surface area contributed by atoms with Crippen molar-refractivity contribution in [3.05, 3.63) is 24.5 Å². The zero-order chi connectivity index (χ0) is 9.68. The average Bonchev–Trinajstić information content (AvgIpc) is 2.15. The summed E-state index contributed by atoms with van der Waals surface area (Å²) in [5.74, 6) is -0.349. The van der Waals surface area contributed by atoms with Crippen molar-refractivity contribution >= 4 is 5.97 Å². The molecule has 0 aromatic carbocycles. The lowest BCUT2D eigenvalue weighted by Gasteiger charge is -2.18. The molecule has 0 aromatic rings. The van der Waals surface area contributed by atoms with Crippen molar-refractivity contribution in [2.45, 2.75) is 25.9 Å². The van der Waals surface area contributed by atoms with Crippen molar-refractivity contribution in [1.29, 1.82) is 0 Å². The van der Waals surface area contributed by atoms with Crippen molar-refractivity contribution in [2.75, 3.05) is 6.61 Å². The Bertz CT molecular complexity index is 230. The second-order valence-corrected chi connectivity index (χ2v) is 3.09. The van der Waals surface area contributed by atoms with E-state index in [-0.39, 0.29) is 12.1 Å². The van der Waals surface area contributed by atoms with Gasteiger partial charge in [0.25, 0.3) is 0 Å². The lowest BCUT2D eigenvalue weighted by molar-refractivity contribution is -0.142. The van der Waals surface area contributed by atoms with Crippen LogP contribution in [0.4, 0.5) is 0 Å². The third-order valence-electron chi connectivity index (χ3n) is 1.77. The Morgan fingerprint density at radius 1 is 1.77 bits per heavy atom. The molecule has 3 heteroatoms. The monoisotopic (exact) mass is 182 g/mol. The first-order valence-corrected chi connectivity index (χ1v) is 4.33. The predicted octanol–water partition coefficient (Wildman–Crippen LogP) is 1.80. The van der Waals surface area contributed by atoms with E-state index in [0.717, 1.165) is 12.8 Å². The molecule has 1 heterocycles. The maximum atomic E-state index is 11.0. The summed E-state index contributed by atoms with van der Waals surface area (Å²) in [6.45, 7) is 5.43. The van der Waals surface area contributed by atoms with Crippen LogP contribution >= 0.6 is 0 Å². The van der Waals surface area contributed by atoms with Gasteiger partial charge in [-0.3, -0.25) is 0 Å². The number of esters is 1.